The molecule has 0 bridgehead atoms. The van der Waals surface area contributed by atoms with E-state index < -0.39 is 15.9 Å². The zero-order valence-electron chi connectivity index (χ0n) is 12.7. The minimum absolute atomic E-state index is 0.00517. The Morgan fingerprint density at radius 3 is 2.67 bits per heavy atom. The molecule has 0 saturated heterocycles. The molecule has 3 rings (SSSR count). The molecule has 2 N–H and O–H groups in total. The van der Waals surface area contributed by atoms with Crippen molar-refractivity contribution in [2.45, 2.75) is 11.4 Å². The first-order chi connectivity index (χ1) is 11.5. The van der Waals surface area contributed by atoms with E-state index in [-0.39, 0.29) is 18.0 Å². The van der Waals surface area contributed by atoms with Gasteiger partial charge in [0.15, 0.2) is 11.5 Å². The number of carbonyl (C=O) groups is 1. The molecular formula is C15H16N2O6S. The highest BCUT2D eigenvalue weighted by Gasteiger charge is 2.20. The van der Waals surface area contributed by atoms with Crippen LogP contribution >= 0.6 is 0 Å². The molecule has 1 aliphatic heterocycles. The molecule has 1 aromatic heterocycles. The summed E-state index contributed by atoms with van der Waals surface area (Å²) < 4.78 is 42.5. The van der Waals surface area contributed by atoms with Gasteiger partial charge < -0.3 is 19.2 Å². The van der Waals surface area contributed by atoms with Gasteiger partial charge in [-0.1, -0.05) is 0 Å². The first-order valence-electron chi connectivity index (χ1n) is 7.23. The van der Waals surface area contributed by atoms with Crippen molar-refractivity contribution in [2.24, 2.45) is 0 Å². The van der Waals surface area contributed by atoms with Crippen molar-refractivity contribution >= 4 is 15.9 Å². The first-order valence-corrected chi connectivity index (χ1v) is 8.71. The van der Waals surface area contributed by atoms with Crippen molar-refractivity contribution in [1.29, 1.82) is 0 Å². The SMILES string of the molecule is O=C(CNS(=O)(=O)c1ccc2c(c1)OCCO2)NCc1ccco1. The summed E-state index contributed by atoms with van der Waals surface area (Å²) in [6.07, 6.45) is 1.49. The number of fused-ring (bicyclic) bond motifs is 1. The summed E-state index contributed by atoms with van der Waals surface area (Å²) in [5.41, 5.74) is 0. The van der Waals surface area contributed by atoms with E-state index in [0.29, 0.717) is 30.5 Å². The molecule has 1 aromatic carbocycles. The Morgan fingerprint density at radius 2 is 1.92 bits per heavy atom. The molecule has 0 fully saturated rings. The van der Waals surface area contributed by atoms with E-state index in [4.69, 9.17) is 13.9 Å². The summed E-state index contributed by atoms with van der Waals surface area (Å²) in [5.74, 6) is 0.980. The van der Waals surface area contributed by atoms with Gasteiger partial charge in [-0.2, -0.15) is 0 Å². The third kappa shape index (κ3) is 3.87. The van der Waals surface area contributed by atoms with Gasteiger partial charge in [-0.3, -0.25) is 4.79 Å². The summed E-state index contributed by atoms with van der Waals surface area (Å²) in [4.78, 5) is 11.7. The number of hydrogen-bond donors (Lipinski definition) is 2. The van der Waals surface area contributed by atoms with Crippen molar-refractivity contribution < 1.29 is 27.1 Å². The van der Waals surface area contributed by atoms with E-state index in [1.807, 2.05) is 0 Å². The molecule has 128 valence electrons. The molecule has 0 unspecified atom stereocenters. The van der Waals surface area contributed by atoms with Gasteiger partial charge in [-0.05, 0) is 24.3 Å². The fourth-order valence-corrected chi connectivity index (χ4v) is 3.09. The molecule has 8 nitrogen and oxygen atoms in total. The Hall–Kier alpha value is -2.52. The topological polar surface area (TPSA) is 107 Å². The van der Waals surface area contributed by atoms with Crippen LogP contribution in [0, 0.1) is 0 Å². The van der Waals surface area contributed by atoms with Crippen molar-refractivity contribution in [2.75, 3.05) is 19.8 Å². The van der Waals surface area contributed by atoms with E-state index in [2.05, 4.69) is 10.0 Å². The van der Waals surface area contributed by atoms with E-state index in [1.165, 1.54) is 24.5 Å². The van der Waals surface area contributed by atoms with Gasteiger partial charge in [-0.25, -0.2) is 13.1 Å². The predicted molar refractivity (Wildman–Crippen MR) is 83.2 cm³/mol. The molecule has 0 radical (unpaired) electrons. The lowest BCUT2D eigenvalue weighted by Crippen LogP contribution is -2.36. The van der Waals surface area contributed by atoms with Gasteiger partial charge in [0.25, 0.3) is 0 Å². The fourth-order valence-electron chi connectivity index (χ4n) is 2.10. The number of sulfonamides is 1. The minimum atomic E-state index is -3.83. The van der Waals surface area contributed by atoms with Crippen molar-refractivity contribution in [3.63, 3.8) is 0 Å². The molecule has 9 heteroatoms. The zero-order valence-corrected chi connectivity index (χ0v) is 13.5. The molecule has 2 heterocycles. The smallest absolute Gasteiger partial charge is 0.241 e. The van der Waals surface area contributed by atoms with E-state index in [0.717, 1.165) is 0 Å². The molecule has 0 spiro atoms. The Labute approximate surface area is 138 Å². The van der Waals surface area contributed by atoms with Crippen molar-refractivity contribution in [1.82, 2.24) is 10.0 Å². The monoisotopic (exact) mass is 352 g/mol. The van der Waals surface area contributed by atoms with E-state index >= 15 is 0 Å². The maximum absolute atomic E-state index is 12.2. The number of nitrogens with one attached hydrogen (secondary N) is 2. The number of benzene rings is 1. The van der Waals surface area contributed by atoms with Crippen LogP contribution < -0.4 is 19.5 Å². The van der Waals surface area contributed by atoms with Crippen molar-refractivity contribution in [3.05, 3.63) is 42.4 Å². The Bertz CT molecular complexity index is 816. The number of hydrogen-bond acceptors (Lipinski definition) is 6. The highest BCUT2D eigenvalue weighted by atomic mass is 32.2. The number of amides is 1. The third-order valence-corrected chi connectivity index (χ3v) is 4.69. The summed E-state index contributed by atoms with van der Waals surface area (Å²) in [6, 6.07) is 7.71. The Kier molecular flexibility index (Phi) is 4.72. The quantitative estimate of drug-likeness (QED) is 0.790. The largest absolute Gasteiger partial charge is 0.486 e. The number of carbonyl (C=O) groups excluding carboxylic acids is 1. The second kappa shape index (κ2) is 6.93. The first kappa shape index (κ1) is 16.3. The van der Waals surface area contributed by atoms with E-state index in [1.54, 1.807) is 12.1 Å². The molecule has 0 atom stereocenters. The zero-order chi connectivity index (χ0) is 17.0. The molecule has 2 aromatic rings. The van der Waals surface area contributed by atoms with Crippen molar-refractivity contribution in [3.8, 4) is 11.5 Å². The lowest BCUT2D eigenvalue weighted by molar-refractivity contribution is -0.120. The van der Waals surface area contributed by atoms with Gasteiger partial charge in [-0.15, -0.1) is 0 Å². The maximum Gasteiger partial charge on any atom is 0.241 e. The van der Waals surface area contributed by atoms with Gasteiger partial charge in [0, 0.05) is 6.07 Å². The van der Waals surface area contributed by atoms with Gasteiger partial charge in [0.05, 0.1) is 24.2 Å². The molecule has 0 saturated carbocycles. The summed E-state index contributed by atoms with van der Waals surface area (Å²) in [6.45, 7) is 0.599. The molecular weight excluding hydrogens is 336 g/mol. The third-order valence-electron chi connectivity index (χ3n) is 3.29. The van der Waals surface area contributed by atoms with Crippen LogP contribution in [0.5, 0.6) is 11.5 Å². The second-order valence-corrected chi connectivity index (χ2v) is 6.75. The normalized spacial score (nSPS) is 13.5. The molecule has 0 aliphatic carbocycles. The average Bonchev–Trinajstić information content (AvgIpc) is 3.11. The molecule has 1 aliphatic rings. The van der Waals surface area contributed by atoms with Crippen LogP contribution in [0.25, 0.3) is 0 Å². The van der Waals surface area contributed by atoms with Gasteiger partial charge in [0.2, 0.25) is 15.9 Å². The lowest BCUT2D eigenvalue weighted by Gasteiger charge is -2.18. The molecule has 1 amide bonds. The number of rotatable bonds is 6. The average molecular weight is 352 g/mol. The highest BCUT2D eigenvalue weighted by molar-refractivity contribution is 7.89. The lowest BCUT2D eigenvalue weighted by atomic mass is 10.3. The standard InChI is InChI=1S/C15H16N2O6S/c18-15(16-9-11-2-1-5-21-11)10-17-24(19,20)12-3-4-13-14(8-12)23-7-6-22-13/h1-5,8,17H,6-7,9-10H2,(H,16,18). The van der Waals surface area contributed by atoms with Crippen LogP contribution in [-0.2, 0) is 21.4 Å². The van der Waals surface area contributed by atoms with Gasteiger partial charge >= 0.3 is 0 Å². The summed E-state index contributed by atoms with van der Waals surface area (Å²) in [5, 5.41) is 2.55. The predicted octanol–water partition coefficient (Wildman–Crippen LogP) is 0.645. The maximum atomic E-state index is 12.2. The van der Waals surface area contributed by atoms with Crippen LogP contribution in [0.4, 0.5) is 0 Å². The Morgan fingerprint density at radius 1 is 1.12 bits per heavy atom. The fraction of sp³-hybridized carbons (Fsp3) is 0.267. The summed E-state index contributed by atoms with van der Waals surface area (Å²) in [7, 11) is -3.83. The summed E-state index contributed by atoms with van der Waals surface area (Å²) >= 11 is 0. The van der Waals surface area contributed by atoms with Crippen LogP contribution in [-0.4, -0.2) is 34.1 Å². The second-order valence-electron chi connectivity index (χ2n) is 4.99. The highest BCUT2D eigenvalue weighted by Crippen LogP contribution is 2.32. The van der Waals surface area contributed by atoms with Gasteiger partial charge in [0.1, 0.15) is 19.0 Å². The minimum Gasteiger partial charge on any atom is -0.486 e. The number of furan rings is 1. The Balaban J connectivity index is 1.58. The van der Waals surface area contributed by atoms with Crippen LogP contribution in [0.2, 0.25) is 0 Å². The van der Waals surface area contributed by atoms with E-state index in [9.17, 15) is 13.2 Å². The van der Waals surface area contributed by atoms with Crippen LogP contribution in [0.15, 0.2) is 45.9 Å². The van der Waals surface area contributed by atoms with Crippen LogP contribution in [0.3, 0.4) is 0 Å². The number of ether oxygens (including phenoxy) is 2. The molecule has 24 heavy (non-hydrogen) atoms. The van der Waals surface area contributed by atoms with Crippen LogP contribution in [0.1, 0.15) is 5.76 Å².